The zero-order chi connectivity index (χ0) is 14.7. The summed E-state index contributed by atoms with van der Waals surface area (Å²) in [6.07, 6.45) is 2.62. The van der Waals surface area contributed by atoms with Crippen LogP contribution < -0.4 is 11.1 Å². The van der Waals surface area contributed by atoms with Gasteiger partial charge in [0.1, 0.15) is 10.7 Å². The van der Waals surface area contributed by atoms with Crippen LogP contribution in [-0.4, -0.2) is 20.7 Å². The lowest BCUT2D eigenvalue weighted by atomic mass is 10.1. The summed E-state index contributed by atoms with van der Waals surface area (Å²) in [6.45, 7) is 6.89. The van der Waals surface area contributed by atoms with Crippen LogP contribution in [0, 0.1) is 5.92 Å². The molecule has 0 unspecified atom stereocenters. The summed E-state index contributed by atoms with van der Waals surface area (Å²) in [4.78, 5) is 12.2. The van der Waals surface area contributed by atoms with Gasteiger partial charge in [-0.25, -0.2) is 0 Å². The lowest BCUT2D eigenvalue weighted by Gasteiger charge is -2.04. The summed E-state index contributed by atoms with van der Waals surface area (Å²) >= 11 is 1.41. The van der Waals surface area contributed by atoms with Gasteiger partial charge in [-0.1, -0.05) is 25.2 Å². The highest BCUT2D eigenvalue weighted by atomic mass is 32.1. The van der Waals surface area contributed by atoms with Crippen molar-refractivity contribution >= 4 is 28.1 Å². The van der Waals surface area contributed by atoms with E-state index >= 15 is 0 Å². The maximum atomic E-state index is 12.2. The number of hydrogen-bond donors (Lipinski definition) is 2. The number of carbonyl (C=O) groups excluding carboxylic acids is 1. The van der Waals surface area contributed by atoms with Crippen LogP contribution in [0.3, 0.4) is 0 Å². The molecule has 0 aliphatic carbocycles. The molecule has 0 saturated heterocycles. The monoisotopic (exact) mass is 293 g/mol. The van der Waals surface area contributed by atoms with Crippen molar-refractivity contribution in [2.24, 2.45) is 5.92 Å². The van der Waals surface area contributed by atoms with E-state index in [1.54, 1.807) is 16.8 Å². The molecule has 2 aromatic rings. The van der Waals surface area contributed by atoms with Crippen LogP contribution in [0.5, 0.6) is 0 Å². The summed E-state index contributed by atoms with van der Waals surface area (Å²) in [7, 11) is 0. The van der Waals surface area contributed by atoms with Crippen LogP contribution in [-0.2, 0) is 13.0 Å². The Hall–Kier alpha value is -1.89. The van der Waals surface area contributed by atoms with Crippen LogP contribution >= 0.6 is 11.3 Å². The fourth-order valence-electron chi connectivity index (χ4n) is 1.88. The maximum absolute atomic E-state index is 12.2. The first-order valence-corrected chi connectivity index (χ1v) is 7.40. The van der Waals surface area contributed by atoms with Crippen LogP contribution in [0.25, 0.3) is 0 Å². The van der Waals surface area contributed by atoms with E-state index in [1.807, 2.05) is 6.92 Å². The Kier molecular flexibility index (Phi) is 4.39. The highest BCUT2D eigenvalue weighted by Crippen LogP contribution is 2.19. The number of rotatable bonds is 5. The van der Waals surface area contributed by atoms with Gasteiger partial charge in [0.15, 0.2) is 0 Å². The van der Waals surface area contributed by atoms with Crippen molar-refractivity contribution in [2.45, 2.75) is 33.7 Å². The third-order valence-electron chi connectivity index (χ3n) is 2.76. The van der Waals surface area contributed by atoms with Gasteiger partial charge in [0.25, 0.3) is 5.91 Å². The van der Waals surface area contributed by atoms with Crippen LogP contribution in [0.15, 0.2) is 12.3 Å². The summed E-state index contributed by atoms with van der Waals surface area (Å²) in [5, 5.41) is 12.3. The minimum absolute atomic E-state index is 0.212. The van der Waals surface area contributed by atoms with Crippen LogP contribution in [0.2, 0.25) is 0 Å². The van der Waals surface area contributed by atoms with E-state index in [-0.39, 0.29) is 5.91 Å². The van der Waals surface area contributed by atoms with Gasteiger partial charge < -0.3 is 10.3 Å². The maximum Gasteiger partial charge on any atom is 0.274 e. The highest BCUT2D eigenvalue weighted by Gasteiger charge is 2.15. The Morgan fingerprint density at radius 1 is 1.50 bits per heavy atom. The normalized spacial score (nSPS) is 11.0. The van der Waals surface area contributed by atoms with Crippen molar-refractivity contribution < 1.29 is 4.79 Å². The summed E-state index contributed by atoms with van der Waals surface area (Å²) < 4.78 is 1.81. The number of nitrogens with one attached hydrogen (secondary N) is 1. The van der Waals surface area contributed by atoms with Crippen LogP contribution in [0.1, 0.15) is 36.3 Å². The predicted molar refractivity (Wildman–Crippen MR) is 80.9 cm³/mol. The number of nitrogens with two attached hydrogens (primary N) is 1. The topological polar surface area (TPSA) is 85.8 Å². The number of aryl methyl sites for hydroxylation is 1. The van der Waals surface area contributed by atoms with Crippen molar-refractivity contribution in [1.29, 1.82) is 0 Å². The number of nitrogen functional groups attached to an aromatic ring is 1. The molecule has 108 valence electrons. The summed E-state index contributed by atoms with van der Waals surface area (Å²) in [5.74, 6) is 0.305. The van der Waals surface area contributed by atoms with Gasteiger partial charge in [-0.2, -0.15) is 0 Å². The number of aromatic nitrogens is 3. The first-order valence-electron chi connectivity index (χ1n) is 6.59. The minimum atomic E-state index is -0.212. The first-order chi connectivity index (χ1) is 9.49. The van der Waals surface area contributed by atoms with Crippen molar-refractivity contribution in [2.75, 3.05) is 11.1 Å². The van der Waals surface area contributed by atoms with Crippen molar-refractivity contribution in [3.8, 4) is 0 Å². The smallest absolute Gasteiger partial charge is 0.274 e. The molecule has 2 rings (SSSR count). The van der Waals surface area contributed by atoms with E-state index in [1.165, 1.54) is 11.3 Å². The fourth-order valence-corrected chi connectivity index (χ4v) is 2.83. The highest BCUT2D eigenvalue weighted by molar-refractivity contribution is 7.15. The molecule has 6 nitrogen and oxygen atoms in total. The second kappa shape index (κ2) is 6.04. The van der Waals surface area contributed by atoms with Gasteiger partial charge in [0.05, 0.1) is 5.69 Å². The number of anilines is 2. The molecule has 0 fully saturated rings. The molecule has 0 aliphatic heterocycles. The zero-order valence-corrected chi connectivity index (χ0v) is 12.7. The van der Waals surface area contributed by atoms with Gasteiger partial charge in [0.2, 0.25) is 5.13 Å². The number of carbonyl (C=O) groups is 1. The quantitative estimate of drug-likeness (QED) is 0.886. The number of nitrogens with zero attached hydrogens (tertiary/aromatic N) is 3. The molecule has 2 heterocycles. The van der Waals surface area contributed by atoms with Gasteiger partial charge in [-0.05, 0) is 18.9 Å². The average Bonchev–Trinajstić information content (AvgIpc) is 2.95. The second-order valence-electron chi connectivity index (χ2n) is 5.00. The Balaban J connectivity index is 2.09. The molecule has 3 N–H and O–H groups in total. The van der Waals surface area contributed by atoms with Gasteiger partial charge in [-0.3, -0.25) is 10.1 Å². The summed E-state index contributed by atoms with van der Waals surface area (Å²) in [5.41, 5.74) is 6.83. The molecule has 20 heavy (non-hydrogen) atoms. The number of amides is 1. The molecular formula is C13H19N5OS. The minimum Gasteiger partial charge on any atom is -0.397 e. The molecular weight excluding hydrogens is 274 g/mol. The Morgan fingerprint density at radius 3 is 2.90 bits per heavy atom. The van der Waals surface area contributed by atoms with Crippen LogP contribution in [0.4, 0.5) is 10.8 Å². The van der Waals surface area contributed by atoms with Crippen molar-refractivity contribution in [3.05, 3.63) is 23.0 Å². The predicted octanol–water partition coefficient (Wildman–Crippen LogP) is 2.39. The SMILES string of the molecule is CCn1cc(N)cc1C(=O)Nc1nnc(CC(C)C)s1. The van der Waals surface area contributed by atoms with E-state index in [4.69, 9.17) is 5.73 Å². The van der Waals surface area contributed by atoms with Crippen molar-refractivity contribution in [1.82, 2.24) is 14.8 Å². The van der Waals surface area contributed by atoms with Gasteiger partial charge in [0, 0.05) is 19.2 Å². The fraction of sp³-hybridized carbons (Fsp3) is 0.462. The van der Waals surface area contributed by atoms with Gasteiger partial charge in [-0.15, -0.1) is 10.2 Å². The summed E-state index contributed by atoms with van der Waals surface area (Å²) in [6, 6.07) is 1.66. The second-order valence-corrected chi connectivity index (χ2v) is 6.06. The molecule has 0 saturated carbocycles. The Bertz CT molecular complexity index is 602. The molecule has 1 amide bonds. The lowest BCUT2D eigenvalue weighted by Crippen LogP contribution is -2.16. The number of hydrogen-bond acceptors (Lipinski definition) is 5. The first kappa shape index (κ1) is 14.5. The molecule has 2 aromatic heterocycles. The third kappa shape index (κ3) is 3.36. The molecule has 0 aliphatic rings. The lowest BCUT2D eigenvalue weighted by molar-refractivity contribution is 0.101. The zero-order valence-electron chi connectivity index (χ0n) is 11.9. The molecule has 0 bridgehead atoms. The van der Waals surface area contributed by atoms with E-state index in [0.717, 1.165) is 11.4 Å². The standard InChI is InChI=1S/C13H19N5OS/c1-4-18-7-9(14)6-10(18)12(19)15-13-17-16-11(20-13)5-8(2)3/h6-8H,4-5,14H2,1-3H3,(H,15,17,19). The van der Waals surface area contributed by atoms with E-state index < -0.39 is 0 Å². The van der Waals surface area contributed by atoms with E-state index in [2.05, 4.69) is 29.4 Å². The van der Waals surface area contributed by atoms with E-state index in [0.29, 0.717) is 29.0 Å². The molecule has 0 atom stereocenters. The molecule has 0 aromatic carbocycles. The largest absolute Gasteiger partial charge is 0.397 e. The molecule has 0 spiro atoms. The molecule has 0 radical (unpaired) electrons. The Labute approximate surface area is 122 Å². The molecule has 7 heteroatoms. The Morgan fingerprint density at radius 2 is 2.25 bits per heavy atom. The van der Waals surface area contributed by atoms with E-state index in [9.17, 15) is 4.79 Å². The third-order valence-corrected chi connectivity index (χ3v) is 3.62. The van der Waals surface area contributed by atoms with Crippen molar-refractivity contribution in [3.63, 3.8) is 0 Å². The van der Waals surface area contributed by atoms with Gasteiger partial charge >= 0.3 is 0 Å². The average molecular weight is 293 g/mol.